The third-order valence-corrected chi connectivity index (χ3v) is 7.57. The summed E-state index contributed by atoms with van der Waals surface area (Å²) in [6.07, 6.45) is 8.01. The highest BCUT2D eigenvalue weighted by Gasteiger charge is 2.12. The minimum Gasteiger partial charge on any atom is -0.384 e. The van der Waals surface area contributed by atoms with Crippen LogP contribution in [-0.2, 0) is 28.9 Å². The van der Waals surface area contributed by atoms with Gasteiger partial charge in [-0.25, -0.2) is 0 Å². The fraction of sp³-hybridized carbons (Fsp3) is 0.304. The van der Waals surface area contributed by atoms with Crippen LogP contribution in [0.25, 0.3) is 0 Å². The van der Waals surface area contributed by atoms with Crippen LogP contribution in [0.5, 0.6) is 0 Å². The largest absolute Gasteiger partial charge is 0.384 e. The van der Waals surface area contributed by atoms with Gasteiger partial charge in [-0.2, -0.15) is 11.8 Å². The highest BCUT2D eigenvalue weighted by molar-refractivity contribution is 7.99. The molecule has 0 saturated carbocycles. The number of allylic oxidation sites excluding steroid dienone is 2. The lowest BCUT2D eigenvalue weighted by Gasteiger charge is -2.10. The van der Waals surface area contributed by atoms with Crippen LogP contribution < -0.4 is 16.0 Å². The number of carbonyl (C=O) groups is 2. The number of thioether (sulfide) groups is 1. The van der Waals surface area contributed by atoms with Crippen molar-refractivity contribution in [2.45, 2.75) is 25.7 Å². The first-order chi connectivity index (χ1) is 17.1. The lowest BCUT2D eigenvalue weighted by atomic mass is 10.1. The Morgan fingerprint density at radius 3 is 2.11 bits per heavy atom. The molecule has 0 radical (unpaired) electrons. The average molecular weight is 528 g/mol. The smallest absolute Gasteiger partial charge is 0.232 e. The molecule has 0 bridgehead atoms. The first kappa shape index (κ1) is 25.0. The van der Waals surface area contributed by atoms with Gasteiger partial charge in [0.25, 0.3) is 0 Å². The summed E-state index contributed by atoms with van der Waals surface area (Å²) in [6.45, 7) is 0.741. The fourth-order valence-corrected chi connectivity index (χ4v) is 5.78. The Labute approximate surface area is 215 Å². The van der Waals surface area contributed by atoms with Crippen molar-refractivity contribution in [3.8, 4) is 0 Å². The standard InChI is InChI=1S/C23H25N7O2S3/c31-18(14-16-6-2-1-3-7-16)25-22-29-27-20(34-22)9-12-33-13-10-21-28-30-23(35-21)26-19(32)15-17-8-4-5-11-24-17/h1-8,24H,9-15H2,(H,25,29,31)(H,26,30,32). The maximum atomic E-state index is 12.2. The van der Waals surface area contributed by atoms with Gasteiger partial charge in [0.05, 0.1) is 12.8 Å². The Bertz CT molecular complexity index is 1190. The SMILES string of the molecule is O=C(CC1=CC=CCN1)Nc1nnc(CCSCCc2nnc(NC(=O)Cc3ccccc3)s2)s1. The van der Waals surface area contributed by atoms with E-state index in [-0.39, 0.29) is 11.8 Å². The molecule has 3 heterocycles. The molecule has 0 atom stereocenters. The summed E-state index contributed by atoms with van der Waals surface area (Å²) in [4.78, 5) is 24.3. The number of amides is 2. The molecule has 1 aliphatic rings. The molecule has 35 heavy (non-hydrogen) atoms. The molecule has 0 aliphatic carbocycles. The summed E-state index contributed by atoms with van der Waals surface area (Å²) >= 11 is 4.61. The molecule has 3 aromatic rings. The average Bonchev–Trinajstić information content (AvgIpc) is 3.49. The van der Waals surface area contributed by atoms with Crippen molar-refractivity contribution in [3.05, 3.63) is 69.8 Å². The number of aromatic nitrogens is 4. The van der Waals surface area contributed by atoms with Crippen LogP contribution >= 0.6 is 34.4 Å². The predicted molar refractivity (Wildman–Crippen MR) is 142 cm³/mol. The quantitative estimate of drug-likeness (QED) is 0.306. The molecular formula is C23H25N7O2S3. The van der Waals surface area contributed by atoms with Gasteiger partial charge in [-0.05, 0) is 23.1 Å². The minimum atomic E-state index is -0.108. The maximum Gasteiger partial charge on any atom is 0.232 e. The molecule has 1 aliphatic heterocycles. The highest BCUT2D eigenvalue weighted by atomic mass is 32.2. The number of aryl methyl sites for hydroxylation is 2. The number of nitrogens with one attached hydrogen (secondary N) is 3. The van der Waals surface area contributed by atoms with E-state index in [2.05, 4.69) is 36.3 Å². The number of hydrogen-bond acceptors (Lipinski definition) is 10. The summed E-state index contributed by atoms with van der Waals surface area (Å²) in [5.74, 6) is 1.58. The van der Waals surface area contributed by atoms with Gasteiger partial charge < -0.3 is 16.0 Å². The van der Waals surface area contributed by atoms with Gasteiger partial charge in [-0.1, -0.05) is 65.2 Å². The van der Waals surface area contributed by atoms with E-state index in [0.29, 0.717) is 23.1 Å². The van der Waals surface area contributed by atoms with E-state index in [4.69, 9.17) is 0 Å². The Morgan fingerprint density at radius 1 is 0.886 bits per heavy atom. The lowest BCUT2D eigenvalue weighted by Crippen LogP contribution is -2.21. The third kappa shape index (κ3) is 8.57. The molecule has 4 rings (SSSR count). The van der Waals surface area contributed by atoms with Crippen molar-refractivity contribution in [1.29, 1.82) is 0 Å². The Kier molecular flexibility index (Phi) is 9.38. The van der Waals surface area contributed by atoms with Crippen LogP contribution in [0, 0.1) is 0 Å². The number of dihydropyridines is 1. The summed E-state index contributed by atoms with van der Waals surface area (Å²) in [5, 5.41) is 28.1. The number of carbonyl (C=O) groups excluding carboxylic acids is 2. The second-order valence-corrected chi connectivity index (χ2v) is 10.9. The summed E-state index contributed by atoms with van der Waals surface area (Å²) in [7, 11) is 0. The minimum absolute atomic E-state index is 0.0965. The van der Waals surface area contributed by atoms with Crippen molar-refractivity contribution >= 4 is 56.5 Å². The van der Waals surface area contributed by atoms with E-state index in [0.717, 1.165) is 52.2 Å². The van der Waals surface area contributed by atoms with Gasteiger partial charge in [-0.15, -0.1) is 20.4 Å². The van der Waals surface area contributed by atoms with Gasteiger partial charge in [0.15, 0.2) is 0 Å². The van der Waals surface area contributed by atoms with Crippen LogP contribution in [-0.4, -0.2) is 50.3 Å². The molecular weight excluding hydrogens is 503 g/mol. The monoisotopic (exact) mass is 527 g/mol. The van der Waals surface area contributed by atoms with E-state index in [9.17, 15) is 9.59 Å². The Morgan fingerprint density at radius 2 is 1.51 bits per heavy atom. The molecule has 9 nitrogen and oxygen atoms in total. The second kappa shape index (κ2) is 13.1. The Hall–Kier alpha value is -3.09. The van der Waals surface area contributed by atoms with Crippen LogP contribution in [0.15, 0.2) is 54.3 Å². The van der Waals surface area contributed by atoms with Gasteiger partial charge in [0, 0.05) is 25.1 Å². The maximum absolute atomic E-state index is 12.2. The van der Waals surface area contributed by atoms with Gasteiger partial charge in [0.2, 0.25) is 22.1 Å². The summed E-state index contributed by atoms with van der Waals surface area (Å²) in [5.41, 5.74) is 1.85. The van der Waals surface area contributed by atoms with Crippen molar-refractivity contribution in [2.24, 2.45) is 0 Å². The summed E-state index contributed by atoms with van der Waals surface area (Å²) < 4.78 is 0. The number of nitrogens with zero attached hydrogens (tertiary/aromatic N) is 4. The third-order valence-electron chi connectivity index (χ3n) is 4.79. The highest BCUT2D eigenvalue weighted by Crippen LogP contribution is 2.20. The zero-order valence-corrected chi connectivity index (χ0v) is 21.3. The fourth-order valence-electron chi connectivity index (χ4n) is 3.14. The molecule has 1 aromatic carbocycles. The normalized spacial score (nSPS) is 12.6. The van der Waals surface area contributed by atoms with Crippen LogP contribution in [0.3, 0.4) is 0 Å². The Balaban J connectivity index is 1.11. The van der Waals surface area contributed by atoms with Crippen molar-refractivity contribution < 1.29 is 9.59 Å². The second-order valence-electron chi connectivity index (χ2n) is 7.55. The van der Waals surface area contributed by atoms with Gasteiger partial charge in [0.1, 0.15) is 10.0 Å². The molecule has 0 saturated heterocycles. The van der Waals surface area contributed by atoms with Gasteiger partial charge >= 0.3 is 0 Å². The predicted octanol–water partition coefficient (Wildman–Crippen LogP) is 3.46. The number of rotatable bonds is 12. The van der Waals surface area contributed by atoms with Crippen molar-refractivity contribution in [3.63, 3.8) is 0 Å². The molecule has 2 aromatic heterocycles. The van der Waals surface area contributed by atoms with Crippen molar-refractivity contribution in [2.75, 3.05) is 28.7 Å². The summed E-state index contributed by atoms with van der Waals surface area (Å²) in [6, 6.07) is 9.60. The first-order valence-electron chi connectivity index (χ1n) is 11.1. The molecule has 0 spiro atoms. The molecule has 0 unspecified atom stereocenters. The van der Waals surface area contributed by atoms with E-state index in [1.165, 1.54) is 22.7 Å². The molecule has 0 fully saturated rings. The lowest BCUT2D eigenvalue weighted by molar-refractivity contribution is -0.116. The molecule has 3 N–H and O–H groups in total. The van der Waals surface area contributed by atoms with Crippen LogP contribution in [0.2, 0.25) is 0 Å². The molecule has 182 valence electrons. The zero-order valence-electron chi connectivity index (χ0n) is 18.9. The topological polar surface area (TPSA) is 122 Å². The molecule has 2 amide bonds. The van der Waals surface area contributed by atoms with E-state index < -0.39 is 0 Å². The van der Waals surface area contributed by atoms with E-state index in [1.54, 1.807) is 11.8 Å². The zero-order chi connectivity index (χ0) is 24.3. The number of benzene rings is 1. The van der Waals surface area contributed by atoms with Crippen LogP contribution in [0.1, 0.15) is 22.0 Å². The first-order valence-corrected chi connectivity index (χ1v) is 13.9. The van der Waals surface area contributed by atoms with E-state index >= 15 is 0 Å². The van der Waals surface area contributed by atoms with Crippen LogP contribution in [0.4, 0.5) is 10.3 Å². The molecule has 12 heteroatoms. The number of hydrogen-bond donors (Lipinski definition) is 3. The number of anilines is 2. The van der Waals surface area contributed by atoms with Crippen molar-refractivity contribution in [1.82, 2.24) is 25.7 Å². The van der Waals surface area contributed by atoms with E-state index in [1.807, 2.05) is 48.6 Å². The van der Waals surface area contributed by atoms with Gasteiger partial charge in [-0.3, -0.25) is 9.59 Å².